The average Bonchev–Trinajstić information content (AvgIpc) is 2.44. The Hall–Kier alpha value is -2.35. The molecule has 1 aromatic carbocycles. The highest BCUT2D eigenvalue weighted by Crippen LogP contribution is 2.22. The molecule has 0 saturated heterocycles. The summed E-state index contributed by atoms with van der Waals surface area (Å²) in [5.74, 6) is 0. The van der Waals surface area contributed by atoms with Gasteiger partial charge in [-0.1, -0.05) is 18.2 Å². The van der Waals surface area contributed by atoms with Crippen molar-refractivity contribution in [1.29, 1.82) is 0 Å². The third-order valence-corrected chi connectivity index (χ3v) is 4.75. The molecule has 0 amide bonds. The highest BCUT2D eigenvalue weighted by atomic mass is 32.2. The van der Waals surface area contributed by atoms with Gasteiger partial charge < -0.3 is 4.57 Å². The van der Waals surface area contributed by atoms with Crippen LogP contribution in [0.4, 0.5) is 5.69 Å². The first-order chi connectivity index (χ1) is 10.1. The van der Waals surface area contributed by atoms with E-state index in [9.17, 15) is 18.0 Å². The zero-order chi connectivity index (χ0) is 16.7. The van der Waals surface area contributed by atoms with E-state index in [0.717, 1.165) is 26.5 Å². The van der Waals surface area contributed by atoms with E-state index < -0.39 is 26.2 Å². The summed E-state index contributed by atoms with van der Waals surface area (Å²) < 4.78 is 29.3. The standard InChI is InChI=1S/C14H17N3O4S/c1-9-6-5-7-10(2)12(9)15-22(20,21)11-8-16(3)14(19)17(4)13(11)18/h5-8,15H,1-4H3. The molecule has 0 aliphatic heterocycles. The fourth-order valence-electron chi connectivity index (χ4n) is 2.12. The Bertz CT molecular complexity index is 935. The van der Waals surface area contributed by atoms with Crippen LogP contribution < -0.4 is 16.0 Å². The number of anilines is 1. The fourth-order valence-corrected chi connectivity index (χ4v) is 3.49. The van der Waals surface area contributed by atoms with Gasteiger partial charge in [-0.15, -0.1) is 0 Å². The lowest BCUT2D eigenvalue weighted by Gasteiger charge is -2.13. The summed E-state index contributed by atoms with van der Waals surface area (Å²) in [4.78, 5) is 23.3. The molecule has 2 aromatic rings. The molecule has 2 rings (SSSR count). The maximum Gasteiger partial charge on any atom is 0.330 e. The predicted octanol–water partition coefficient (Wildman–Crippen LogP) is 0.502. The number of hydrogen-bond acceptors (Lipinski definition) is 4. The molecular weight excluding hydrogens is 306 g/mol. The molecule has 0 radical (unpaired) electrons. The summed E-state index contributed by atoms with van der Waals surface area (Å²) in [6.45, 7) is 3.54. The Labute approximate surface area is 127 Å². The third kappa shape index (κ3) is 2.69. The molecule has 0 spiro atoms. The second-order valence-corrected chi connectivity index (χ2v) is 6.77. The molecule has 1 heterocycles. The fraction of sp³-hybridized carbons (Fsp3) is 0.286. The van der Waals surface area contributed by atoms with Crippen molar-refractivity contribution in [2.24, 2.45) is 14.1 Å². The van der Waals surface area contributed by atoms with E-state index >= 15 is 0 Å². The number of aromatic nitrogens is 2. The van der Waals surface area contributed by atoms with Gasteiger partial charge in [0.1, 0.15) is 0 Å². The molecule has 0 bridgehead atoms. The number of para-hydroxylation sites is 1. The Morgan fingerprint density at radius 2 is 1.59 bits per heavy atom. The predicted molar refractivity (Wildman–Crippen MR) is 83.6 cm³/mol. The minimum absolute atomic E-state index is 0.429. The molecule has 0 saturated carbocycles. The maximum atomic E-state index is 12.5. The molecule has 0 aliphatic carbocycles. The topological polar surface area (TPSA) is 90.2 Å². The number of rotatable bonds is 3. The van der Waals surface area contributed by atoms with Gasteiger partial charge in [-0.3, -0.25) is 14.1 Å². The largest absolute Gasteiger partial charge is 0.330 e. The molecule has 1 N–H and O–H groups in total. The summed E-state index contributed by atoms with van der Waals surface area (Å²) in [5.41, 5.74) is 0.465. The average molecular weight is 323 g/mol. The quantitative estimate of drug-likeness (QED) is 0.891. The van der Waals surface area contributed by atoms with Gasteiger partial charge in [0.15, 0.2) is 4.90 Å². The highest BCUT2D eigenvalue weighted by Gasteiger charge is 2.22. The Balaban J connectivity index is 2.63. The number of aryl methyl sites for hydroxylation is 3. The number of nitrogens with zero attached hydrogens (tertiary/aromatic N) is 2. The van der Waals surface area contributed by atoms with Gasteiger partial charge in [-0.05, 0) is 25.0 Å². The van der Waals surface area contributed by atoms with Gasteiger partial charge in [-0.2, -0.15) is 0 Å². The van der Waals surface area contributed by atoms with Crippen molar-refractivity contribution in [3.05, 3.63) is 56.4 Å². The summed E-state index contributed by atoms with van der Waals surface area (Å²) in [6.07, 6.45) is 1.03. The van der Waals surface area contributed by atoms with Crippen LogP contribution in [0.1, 0.15) is 11.1 Å². The first kappa shape index (κ1) is 16.0. The molecule has 0 fully saturated rings. The van der Waals surface area contributed by atoms with Crippen LogP contribution in [-0.4, -0.2) is 17.6 Å². The number of hydrogen-bond donors (Lipinski definition) is 1. The lowest BCUT2D eigenvalue weighted by Crippen LogP contribution is -2.40. The van der Waals surface area contributed by atoms with E-state index in [1.807, 2.05) is 6.07 Å². The van der Waals surface area contributed by atoms with E-state index in [0.29, 0.717) is 5.69 Å². The van der Waals surface area contributed by atoms with Crippen LogP contribution in [0, 0.1) is 13.8 Å². The van der Waals surface area contributed by atoms with Gasteiger partial charge in [-0.25, -0.2) is 13.2 Å². The molecular formula is C14H17N3O4S. The first-order valence-corrected chi connectivity index (χ1v) is 7.99. The molecule has 0 atom stereocenters. The number of nitrogens with one attached hydrogen (secondary N) is 1. The van der Waals surface area contributed by atoms with Crippen LogP contribution in [0.15, 0.2) is 38.9 Å². The number of sulfonamides is 1. The van der Waals surface area contributed by atoms with Gasteiger partial charge in [0, 0.05) is 20.3 Å². The molecule has 1 aromatic heterocycles. The Kier molecular flexibility index (Phi) is 3.97. The minimum atomic E-state index is -4.09. The van der Waals surface area contributed by atoms with Crippen molar-refractivity contribution >= 4 is 15.7 Å². The summed E-state index contributed by atoms with van der Waals surface area (Å²) in [5, 5.41) is 0. The summed E-state index contributed by atoms with van der Waals surface area (Å²) >= 11 is 0. The second-order valence-electron chi connectivity index (χ2n) is 5.12. The van der Waals surface area contributed by atoms with Crippen molar-refractivity contribution in [2.45, 2.75) is 18.7 Å². The van der Waals surface area contributed by atoms with Crippen LogP contribution in [0.2, 0.25) is 0 Å². The normalized spacial score (nSPS) is 11.5. The van der Waals surface area contributed by atoms with Crippen molar-refractivity contribution in [1.82, 2.24) is 9.13 Å². The molecule has 0 aliphatic rings. The molecule has 22 heavy (non-hydrogen) atoms. The van der Waals surface area contributed by atoms with Crippen LogP contribution in [0.25, 0.3) is 0 Å². The van der Waals surface area contributed by atoms with E-state index in [2.05, 4.69) is 4.72 Å². The SMILES string of the molecule is Cc1cccc(C)c1NS(=O)(=O)c1cn(C)c(=O)n(C)c1=O. The number of benzene rings is 1. The van der Waals surface area contributed by atoms with E-state index in [-0.39, 0.29) is 0 Å². The maximum absolute atomic E-state index is 12.5. The van der Waals surface area contributed by atoms with Crippen molar-refractivity contribution in [3.63, 3.8) is 0 Å². The zero-order valence-electron chi connectivity index (χ0n) is 12.7. The lowest BCUT2D eigenvalue weighted by atomic mass is 10.1. The highest BCUT2D eigenvalue weighted by molar-refractivity contribution is 7.92. The van der Waals surface area contributed by atoms with E-state index in [4.69, 9.17) is 0 Å². The van der Waals surface area contributed by atoms with E-state index in [1.54, 1.807) is 26.0 Å². The molecule has 7 nitrogen and oxygen atoms in total. The monoisotopic (exact) mass is 323 g/mol. The summed E-state index contributed by atoms with van der Waals surface area (Å²) in [7, 11) is -1.47. The first-order valence-electron chi connectivity index (χ1n) is 6.51. The zero-order valence-corrected chi connectivity index (χ0v) is 13.6. The van der Waals surface area contributed by atoms with Crippen LogP contribution in [0.5, 0.6) is 0 Å². The van der Waals surface area contributed by atoms with Gasteiger partial charge >= 0.3 is 5.69 Å². The van der Waals surface area contributed by atoms with Crippen molar-refractivity contribution < 1.29 is 8.42 Å². The Morgan fingerprint density at radius 3 is 2.14 bits per heavy atom. The van der Waals surface area contributed by atoms with E-state index in [1.165, 1.54) is 14.1 Å². The van der Waals surface area contributed by atoms with Crippen molar-refractivity contribution in [2.75, 3.05) is 4.72 Å². The van der Waals surface area contributed by atoms with Gasteiger partial charge in [0.2, 0.25) is 0 Å². The van der Waals surface area contributed by atoms with Gasteiger partial charge in [0.25, 0.3) is 15.6 Å². The minimum Gasteiger partial charge on any atom is -0.302 e. The summed E-state index contributed by atoms with van der Waals surface area (Å²) in [6, 6.07) is 5.35. The molecule has 118 valence electrons. The van der Waals surface area contributed by atoms with Crippen LogP contribution in [-0.2, 0) is 24.1 Å². The lowest BCUT2D eigenvalue weighted by molar-refractivity contribution is 0.589. The smallest absolute Gasteiger partial charge is 0.302 e. The molecule has 8 heteroatoms. The van der Waals surface area contributed by atoms with Crippen LogP contribution >= 0.6 is 0 Å². The van der Waals surface area contributed by atoms with Crippen LogP contribution in [0.3, 0.4) is 0 Å². The van der Waals surface area contributed by atoms with Crippen molar-refractivity contribution in [3.8, 4) is 0 Å². The third-order valence-electron chi connectivity index (χ3n) is 3.42. The van der Waals surface area contributed by atoms with Gasteiger partial charge in [0.05, 0.1) is 5.69 Å². The second kappa shape index (κ2) is 5.45. The Morgan fingerprint density at radius 1 is 1.05 bits per heavy atom. The molecule has 0 unspecified atom stereocenters.